The third-order valence-corrected chi connectivity index (χ3v) is 4.26. The van der Waals surface area contributed by atoms with Gasteiger partial charge in [-0.15, -0.1) is 23.2 Å². The van der Waals surface area contributed by atoms with E-state index in [1.165, 1.54) is 0 Å². The number of hydrogen-bond donors (Lipinski definition) is 0. The lowest BCUT2D eigenvalue weighted by molar-refractivity contribution is 0.0947. The van der Waals surface area contributed by atoms with Gasteiger partial charge in [-0.3, -0.25) is 4.79 Å². The predicted molar refractivity (Wildman–Crippen MR) is 86.6 cm³/mol. The summed E-state index contributed by atoms with van der Waals surface area (Å²) in [7, 11) is 0. The highest BCUT2D eigenvalue weighted by Gasteiger charge is 2.37. The van der Waals surface area contributed by atoms with Crippen molar-refractivity contribution in [1.82, 2.24) is 0 Å². The molecule has 4 heteroatoms. The van der Waals surface area contributed by atoms with Gasteiger partial charge in [0.2, 0.25) is 0 Å². The minimum Gasteiger partial charge on any atom is -0.494 e. The van der Waals surface area contributed by atoms with Crippen LogP contribution in [0.25, 0.3) is 0 Å². The highest BCUT2D eigenvalue weighted by molar-refractivity contribution is 6.42. The van der Waals surface area contributed by atoms with Crippen molar-refractivity contribution >= 4 is 29.0 Å². The van der Waals surface area contributed by atoms with Crippen LogP contribution in [0.3, 0.4) is 0 Å². The maximum Gasteiger partial charge on any atom is 0.189 e. The predicted octanol–water partition coefficient (Wildman–Crippen LogP) is 4.64. The van der Waals surface area contributed by atoms with E-state index in [4.69, 9.17) is 27.9 Å². The van der Waals surface area contributed by atoms with Crippen LogP contribution in [-0.2, 0) is 4.87 Å². The third-order valence-electron chi connectivity index (χ3n) is 3.20. The summed E-state index contributed by atoms with van der Waals surface area (Å²) in [5.41, 5.74) is 1.21. The molecule has 0 N–H and O–H groups in total. The largest absolute Gasteiger partial charge is 0.494 e. The smallest absolute Gasteiger partial charge is 0.189 e. The zero-order valence-electron chi connectivity index (χ0n) is 11.7. The average Bonchev–Trinajstić information content (AvgIpc) is 2.55. The molecule has 0 aromatic heterocycles. The van der Waals surface area contributed by atoms with Crippen molar-refractivity contribution in [3.05, 3.63) is 65.7 Å². The summed E-state index contributed by atoms with van der Waals surface area (Å²) in [6, 6.07) is 16.1. The molecule has 2 rings (SSSR count). The minimum absolute atomic E-state index is 0.00371. The molecule has 1 unspecified atom stereocenters. The quantitative estimate of drug-likeness (QED) is 0.572. The molecule has 21 heavy (non-hydrogen) atoms. The van der Waals surface area contributed by atoms with Crippen LogP contribution in [-0.4, -0.2) is 18.3 Å². The maximum absolute atomic E-state index is 12.7. The Morgan fingerprint density at radius 1 is 1.10 bits per heavy atom. The average molecular weight is 323 g/mol. The molecule has 0 aliphatic heterocycles. The zero-order valence-corrected chi connectivity index (χ0v) is 13.2. The van der Waals surface area contributed by atoms with Crippen molar-refractivity contribution in [2.24, 2.45) is 0 Å². The van der Waals surface area contributed by atoms with E-state index in [2.05, 4.69) is 0 Å². The fourth-order valence-electron chi connectivity index (χ4n) is 2.07. The number of carbonyl (C=O) groups is 1. The fraction of sp³-hybridized carbons (Fsp3) is 0.235. The number of hydrogen-bond acceptors (Lipinski definition) is 2. The summed E-state index contributed by atoms with van der Waals surface area (Å²) < 4.78 is 5.39. The highest BCUT2D eigenvalue weighted by atomic mass is 35.5. The molecule has 2 aromatic rings. The van der Waals surface area contributed by atoms with Gasteiger partial charge in [0, 0.05) is 5.56 Å². The van der Waals surface area contributed by atoms with Crippen molar-refractivity contribution in [1.29, 1.82) is 0 Å². The molecule has 1 atom stereocenters. The van der Waals surface area contributed by atoms with Gasteiger partial charge in [-0.1, -0.05) is 42.5 Å². The third kappa shape index (κ3) is 3.39. The monoisotopic (exact) mass is 322 g/mol. The van der Waals surface area contributed by atoms with Crippen LogP contribution in [0.15, 0.2) is 54.6 Å². The molecule has 0 radical (unpaired) electrons. The Morgan fingerprint density at radius 3 is 2.24 bits per heavy atom. The van der Waals surface area contributed by atoms with Crippen LogP contribution in [0.1, 0.15) is 22.8 Å². The lowest BCUT2D eigenvalue weighted by Crippen LogP contribution is -2.32. The van der Waals surface area contributed by atoms with E-state index in [9.17, 15) is 4.79 Å². The Bertz CT molecular complexity index is 596. The van der Waals surface area contributed by atoms with Crippen LogP contribution in [0.5, 0.6) is 5.75 Å². The molecule has 0 aliphatic carbocycles. The second-order valence-electron chi connectivity index (χ2n) is 4.59. The van der Waals surface area contributed by atoms with Gasteiger partial charge in [-0.25, -0.2) is 0 Å². The van der Waals surface area contributed by atoms with Gasteiger partial charge in [0.15, 0.2) is 5.78 Å². The van der Waals surface area contributed by atoms with Gasteiger partial charge in [-0.2, -0.15) is 0 Å². The molecule has 0 bridgehead atoms. The van der Waals surface area contributed by atoms with Crippen LogP contribution >= 0.6 is 23.2 Å². The topological polar surface area (TPSA) is 26.3 Å². The molecule has 0 aliphatic rings. The first kappa shape index (κ1) is 15.9. The summed E-state index contributed by atoms with van der Waals surface area (Å²) in [5.74, 6) is 0.530. The molecule has 0 saturated carbocycles. The number of rotatable bonds is 6. The normalized spacial score (nSPS) is 13.5. The molecular formula is C17H16Cl2O2. The molecule has 2 nitrogen and oxygen atoms in total. The molecule has 0 saturated heterocycles. The van der Waals surface area contributed by atoms with Crippen molar-refractivity contribution in [3.8, 4) is 5.75 Å². The van der Waals surface area contributed by atoms with Crippen molar-refractivity contribution < 1.29 is 9.53 Å². The number of Topliss-reactive ketones (excluding diaryl/α,β-unsaturated/α-hetero) is 1. The molecule has 0 heterocycles. The zero-order chi connectivity index (χ0) is 15.3. The van der Waals surface area contributed by atoms with Gasteiger partial charge in [0.25, 0.3) is 0 Å². The van der Waals surface area contributed by atoms with E-state index in [0.29, 0.717) is 17.7 Å². The molecule has 0 amide bonds. The van der Waals surface area contributed by atoms with Crippen LogP contribution in [0, 0.1) is 0 Å². The van der Waals surface area contributed by atoms with E-state index in [0.717, 1.165) is 5.75 Å². The van der Waals surface area contributed by atoms with Crippen molar-refractivity contribution in [2.45, 2.75) is 11.8 Å². The second kappa shape index (κ2) is 6.97. The first-order valence-corrected chi connectivity index (χ1v) is 7.61. The maximum atomic E-state index is 12.7. The standard InChI is InChI=1S/C17H16Cl2O2/c1-2-21-15-10-8-14(9-11-15)17(19,12-18)16(20)13-6-4-3-5-7-13/h3-11H,2,12H2,1H3. The van der Waals surface area contributed by atoms with Crippen LogP contribution in [0.4, 0.5) is 0 Å². The van der Waals surface area contributed by atoms with Gasteiger partial charge in [0.05, 0.1) is 12.5 Å². The van der Waals surface area contributed by atoms with E-state index >= 15 is 0 Å². The van der Waals surface area contributed by atoms with Crippen molar-refractivity contribution in [2.75, 3.05) is 12.5 Å². The van der Waals surface area contributed by atoms with E-state index in [-0.39, 0.29) is 11.7 Å². The number of alkyl halides is 2. The lowest BCUT2D eigenvalue weighted by Gasteiger charge is -2.24. The molecule has 0 fully saturated rings. The van der Waals surface area contributed by atoms with Crippen LogP contribution in [0.2, 0.25) is 0 Å². The Balaban J connectivity index is 2.34. The SMILES string of the molecule is CCOc1ccc(C(Cl)(CCl)C(=O)c2ccccc2)cc1. The first-order valence-electron chi connectivity index (χ1n) is 6.70. The second-order valence-corrected chi connectivity index (χ2v) is 5.50. The summed E-state index contributed by atoms with van der Waals surface area (Å²) >= 11 is 12.5. The van der Waals surface area contributed by atoms with E-state index in [1.807, 2.05) is 13.0 Å². The summed E-state index contributed by atoms with van der Waals surface area (Å²) in [6.07, 6.45) is 0. The molecule has 2 aromatic carbocycles. The van der Waals surface area contributed by atoms with Crippen LogP contribution < -0.4 is 4.74 Å². The first-order chi connectivity index (χ1) is 10.1. The number of carbonyl (C=O) groups excluding carboxylic acids is 1. The van der Waals surface area contributed by atoms with Gasteiger partial charge in [0.1, 0.15) is 10.6 Å². The number of ketones is 1. The van der Waals surface area contributed by atoms with Gasteiger partial charge >= 0.3 is 0 Å². The number of ether oxygens (including phenoxy) is 1. The van der Waals surface area contributed by atoms with Crippen molar-refractivity contribution in [3.63, 3.8) is 0 Å². The Morgan fingerprint density at radius 2 is 1.71 bits per heavy atom. The van der Waals surface area contributed by atoms with E-state index < -0.39 is 4.87 Å². The van der Waals surface area contributed by atoms with E-state index in [1.54, 1.807) is 48.5 Å². The lowest BCUT2D eigenvalue weighted by atomic mass is 9.91. The summed E-state index contributed by atoms with van der Waals surface area (Å²) in [4.78, 5) is 11.4. The Kier molecular flexibility index (Phi) is 5.27. The molecular weight excluding hydrogens is 307 g/mol. The number of halogens is 2. The molecule has 110 valence electrons. The van der Waals surface area contributed by atoms with Gasteiger partial charge < -0.3 is 4.74 Å². The highest BCUT2D eigenvalue weighted by Crippen LogP contribution is 2.35. The minimum atomic E-state index is -1.27. The summed E-state index contributed by atoms with van der Waals surface area (Å²) in [6.45, 7) is 2.50. The Hall–Kier alpha value is -1.51. The fourth-order valence-corrected chi connectivity index (χ4v) is 2.58. The summed E-state index contributed by atoms with van der Waals surface area (Å²) in [5, 5.41) is 0. The Labute approximate surface area is 134 Å². The number of benzene rings is 2. The molecule has 0 spiro atoms. The van der Waals surface area contributed by atoms with Gasteiger partial charge in [-0.05, 0) is 24.6 Å².